The van der Waals surface area contributed by atoms with E-state index in [1.807, 2.05) is 6.07 Å². The first kappa shape index (κ1) is 14.8. The zero-order valence-corrected chi connectivity index (χ0v) is 12.2. The molecule has 18 heavy (non-hydrogen) atoms. The van der Waals surface area contributed by atoms with Gasteiger partial charge in [-0.3, -0.25) is 0 Å². The van der Waals surface area contributed by atoms with Gasteiger partial charge in [-0.1, -0.05) is 20.8 Å². The van der Waals surface area contributed by atoms with Crippen LogP contribution in [0.1, 0.15) is 32.3 Å². The molecule has 0 saturated heterocycles. The molecule has 0 aliphatic carbocycles. The quantitative estimate of drug-likeness (QED) is 0.843. The average molecular weight is 250 g/mol. The molecule has 102 valence electrons. The van der Waals surface area contributed by atoms with Crippen LogP contribution in [0.15, 0.2) is 18.2 Å². The number of benzene rings is 1. The Labute approximate surface area is 111 Å². The Morgan fingerprint density at radius 1 is 1.28 bits per heavy atom. The smallest absolute Gasteiger partial charge is 0.122 e. The summed E-state index contributed by atoms with van der Waals surface area (Å²) in [6.45, 7) is 8.23. The van der Waals surface area contributed by atoms with Crippen molar-refractivity contribution in [2.75, 3.05) is 32.1 Å². The summed E-state index contributed by atoms with van der Waals surface area (Å²) in [6, 6.07) is 6.37. The highest BCUT2D eigenvalue weighted by molar-refractivity contribution is 5.53. The van der Waals surface area contributed by atoms with Gasteiger partial charge in [-0.25, -0.2) is 0 Å². The van der Waals surface area contributed by atoms with E-state index in [2.05, 4.69) is 44.9 Å². The molecule has 1 aromatic rings. The zero-order chi connectivity index (χ0) is 13.7. The monoisotopic (exact) mass is 250 g/mol. The molecule has 1 atom stereocenters. The van der Waals surface area contributed by atoms with E-state index in [1.54, 1.807) is 7.11 Å². The van der Waals surface area contributed by atoms with Crippen LogP contribution < -0.4 is 15.4 Å². The van der Waals surface area contributed by atoms with Gasteiger partial charge in [0.15, 0.2) is 0 Å². The molecular formula is C15H26N2O. The number of nitrogens with zero attached hydrogens (tertiary/aromatic N) is 1. The minimum atomic E-state index is 0.459. The molecule has 0 heterocycles. The summed E-state index contributed by atoms with van der Waals surface area (Å²) < 4.78 is 5.41. The number of ether oxygens (including phenoxy) is 1. The van der Waals surface area contributed by atoms with E-state index in [0.29, 0.717) is 11.8 Å². The SMILES string of the molecule is COc1ccc(N(C)CC(C)CN)cc1C(C)C. The number of methoxy groups -OCH3 is 1. The van der Waals surface area contributed by atoms with Gasteiger partial charge >= 0.3 is 0 Å². The minimum absolute atomic E-state index is 0.459. The highest BCUT2D eigenvalue weighted by Crippen LogP contribution is 2.30. The van der Waals surface area contributed by atoms with Crippen LogP contribution in [0.25, 0.3) is 0 Å². The molecule has 2 N–H and O–H groups in total. The number of anilines is 1. The second kappa shape index (κ2) is 6.64. The van der Waals surface area contributed by atoms with E-state index in [0.717, 1.165) is 18.8 Å². The third-order valence-electron chi connectivity index (χ3n) is 3.26. The summed E-state index contributed by atoms with van der Waals surface area (Å²) in [5.74, 6) is 1.92. The van der Waals surface area contributed by atoms with Crippen molar-refractivity contribution in [3.63, 3.8) is 0 Å². The van der Waals surface area contributed by atoms with Crippen LogP contribution in [-0.2, 0) is 0 Å². The van der Waals surface area contributed by atoms with Gasteiger partial charge in [-0.2, -0.15) is 0 Å². The molecule has 0 amide bonds. The Bertz CT molecular complexity index is 377. The molecule has 0 radical (unpaired) electrons. The summed E-state index contributed by atoms with van der Waals surface area (Å²) >= 11 is 0. The second-order valence-corrected chi connectivity index (χ2v) is 5.30. The van der Waals surface area contributed by atoms with Crippen LogP contribution in [-0.4, -0.2) is 27.2 Å². The predicted octanol–water partition coefficient (Wildman–Crippen LogP) is 2.85. The fourth-order valence-corrected chi connectivity index (χ4v) is 2.06. The lowest BCUT2D eigenvalue weighted by Gasteiger charge is -2.24. The van der Waals surface area contributed by atoms with Crippen LogP contribution in [0, 0.1) is 5.92 Å². The topological polar surface area (TPSA) is 38.5 Å². The van der Waals surface area contributed by atoms with Crippen molar-refractivity contribution in [1.29, 1.82) is 0 Å². The van der Waals surface area contributed by atoms with Gasteiger partial charge in [-0.15, -0.1) is 0 Å². The van der Waals surface area contributed by atoms with Crippen LogP contribution in [0.3, 0.4) is 0 Å². The fourth-order valence-electron chi connectivity index (χ4n) is 2.06. The Kier molecular flexibility index (Phi) is 5.48. The van der Waals surface area contributed by atoms with Gasteiger partial charge < -0.3 is 15.4 Å². The zero-order valence-electron chi connectivity index (χ0n) is 12.2. The first-order valence-electron chi connectivity index (χ1n) is 6.58. The molecule has 0 fully saturated rings. The van der Waals surface area contributed by atoms with E-state index in [4.69, 9.17) is 10.5 Å². The fraction of sp³-hybridized carbons (Fsp3) is 0.600. The summed E-state index contributed by atoms with van der Waals surface area (Å²) in [5.41, 5.74) is 8.15. The van der Waals surface area contributed by atoms with Gasteiger partial charge in [0.25, 0.3) is 0 Å². The maximum atomic E-state index is 5.68. The molecule has 3 nitrogen and oxygen atoms in total. The number of nitrogens with two attached hydrogens (primary N) is 1. The van der Waals surface area contributed by atoms with Crippen molar-refractivity contribution < 1.29 is 4.74 Å². The molecule has 0 bridgehead atoms. The maximum Gasteiger partial charge on any atom is 0.122 e. The lowest BCUT2D eigenvalue weighted by Crippen LogP contribution is -2.28. The molecule has 0 saturated carbocycles. The first-order chi connectivity index (χ1) is 8.49. The van der Waals surface area contributed by atoms with Gasteiger partial charge in [0.05, 0.1) is 7.11 Å². The normalized spacial score (nSPS) is 12.6. The average Bonchev–Trinajstić information content (AvgIpc) is 2.37. The van der Waals surface area contributed by atoms with E-state index in [9.17, 15) is 0 Å². The molecule has 1 rings (SSSR count). The van der Waals surface area contributed by atoms with Crippen LogP contribution in [0.2, 0.25) is 0 Å². The Balaban J connectivity index is 2.93. The van der Waals surface area contributed by atoms with E-state index < -0.39 is 0 Å². The van der Waals surface area contributed by atoms with Crippen molar-refractivity contribution in [1.82, 2.24) is 0 Å². The van der Waals surface area contributed by atoms with Crippen LogP contribution in [0.5, 0.6) is 5.75 Å². The standard InChI is InChI=1S/C15H26N2O/c1-11(2)14-8-13(6-7-15(14)18-5)17(4)10-12(3)9-16/h6-8,11-12H,9-10,16H2,1-5H3. The van der Waals surface area contributed by atoms with E-state index >= 15 is 0 Å². The highest BCUT2D eigenvalue weighted by atomic mass is 16.5. The number of hydrogen-bond donors (Lipinski definition) is 1. The summed E-state index contributed by atoms with van der Waals surface area (Å²) in [4.78, 5) is 2.25. The van der Waals surface area contributed by atoms with Crippen molar-refractivity contribution in [2.45, 2.75) is 26.7 Å². The molecule has 1 aromatic carbocycles. The van der Waals surface area contributed by atoms with Crippen molar-refractivity contribution in [2.24, 2.45) is 11.7 Å². The van der Waals surface area contributed by atoms with Gasteiger partial charge in [0, 0.05) is 19.3 Å². The van der Waals surface area contributed by atoms with Crippen LogP contribution >= 0.6 is 0 Å². The van der Waals surface area contributed by atoms with E-state index in [-0.39, 0.29) is 0 Å². The van der Waals surface area contributed by atoms with Crippen molar-refractivity contribution >= 4 is 5.69 Å². The van der Waals surface area contributed by atoms with Crippen molar-refractivity contribution in [3.8, 4) is 5.75 Å². The van der Waals surface area contributed by atoms with Gasteiger partial charge in [0.2, 0.25) is 0 Å². The van der Waals surface area contributed by atoms with Crippen LogP contribution in [0.4, 0.5) is 5.69 Å². The Morgan fingerprint density at radius 2 is 1.94 bits per heavy atom. The highest BCUT2D eigenvalue weighted by Gasteiger charge is 2.11. The van der Waals surface area contributed by atoms with E-state index in [1.165, 1.54) is 11.3 Å². The minimum Gasteiger partial charge on any atom is -0.496 e. The third kappa shape index (κ3) is 3.64. The van der Waals surface area contributed by atoms with Gasteiger partial charge in [-0.05, 0) is 42.1 Å². The summed E-state index contributed by atoms with van der Waals surface area (Å²) in [6.07, 6.45) is 0. The molecule has 0 aliphatic rings. The summed E-state index contributed by atoms with van der Waals surface area (Å²) in [7, 11) is 3.83. The van der Waals surface area contributed by atoms with Gasteiger partial charge in [0.1, 0.15) is 5.75 Å². The maximum absolute atomic E-state index is 5.68. The predicted molar refractivity (Wildman–Crippen MR) is 78.6 cm³/mol. The first-order valence-corrected chi connectivity index (χ1v) is 6.58. The Hall–Kier alpha value is -1.22. The molecular weight excluding hydrogens is 224 g/mol. The number of hydrogen-bond acceptors (Lipinski definition) is 3. The number of rotatable bonds is 6. The largest absolute Gasteiger partial charge is 0.496 e. The molecule has 3 heteroatoms. The van der Waals surface area contributed by atoms with Crippen molar-refractivity contribution in [3.05, 3.63) is 23.8 Å². The third-order valence-corrected chi connectivity index (χ3v) is 3.26. The summed E-state index contributed by atoms with van der Waals surface area (Å²) in [5, 5.41) is 0. The molecule has 0 aliphatic heterocycles. The molecule has 1 unspecified atom stereocenters. The molecule has 0 spiro atoms. The Morgan fingerprint density at radius 3 is 2.44 bits per heavy atom. The molecule has 0 aromatic heterocycles. The second-order valence-electron chi connectivity index (χ2n) is 5.30. The lowest BCUT2D eigenvalue weighted by molar-refractivity contribution is 0.407. The lowest BCUT2D eigenvalue weighted by atomic mass is 10.0.